The standard InChI is InChI=1S/C18H24O2/c1-14(2)5-4-6-15(3)13-17-9-7-16(8-10-17)11-12-18(19)20/h5,7-10,13H,4,6,11-12H2,1-3H3,(H,19,20)/b15-13+. The molecule has 0 aliphatic heterocycles. The average Bonchev–Trinajstić information content (AvgIpc) is 2.37. The number of hydrogen-bond acceptors (Lipinski definition) is 1. The smallest absolute Gasteiger partial charge is 0.303 e. The Balaban J connectivity index is 2.55. The molecular formula is C18H24O2. The molecule has 0 radical (unpaired) electrons. The van der Waals surface area contributed by atoms with Crippen LogP contribution in [0.1, 0.15) is 51.2 Å². The maximum Gasteiger partial charge on any atom is 0.303 e. The molecule has 108 valence electrons. The number of carbonyl (C=O) groups is 1. The van der Waals surface area contributed by atoms with E-state index in [4.69, 9.17) is 5.11 Å². The van der Waals surface area contributed by atoms with Crippen LogP contribution in [0.2, 0.25) is 0 Å². The zero-order valence-corrected chi connectivity index (χ0v) is 12.6. The van der Waals surface area contributed by atoms with E-state index in [1.54, 1.807) is 0 Å². The van der Waals surface area contributed by atoms with Crippen LogP contribution in [0.25, 0.3) is 6.08 Å². The van der Waals surface area contributed by atoms with Gasteiger partial charge in [-0.2, -0.15) is 0 Å². The Kier molecular flexibility index (Phi) is 6.78. The lowest BCUT2D eigenvalue weighted by Gasteiger charge is -2.02. The average molecular weight is 272 g/mol. The molecule has 0 unspecified atom stereocenters. The lowest BCUT2D eigenvalue weighted by atomic mass is 10.0. The zero-order valence-electron chi connectivity index (χ0n) is 12.6. The van der Waals surface area contributed by atoms with Gasteiger partial charge in [-0.15, -0.1) is 0 Å². The van der Waals surface area contributed by atoms with Crippen molar-refractivity contribution >= 4 is 12.0 Å². The van der Waals surface area contributed by atoms with Gasteiger partial charge in [0.15, 0.2) is 0 Å². The van der Waals surface area contributed by atoms with Gasteiger partial charge < -0.3 is 5.11 Å². The Morgan fingerprint density at radius 1 is 1.10 bits per heavy atom. The fourth-order valence-corrected chi connectivity index (χ4v) is 1.98. The van der Waals surface area contributed by atoms with Crippen LogP contribution < -0.4 is 0 Å². The normalized spacial score (nSPS) is 11.2. The maximum atomic E-state index is 10.5. The van der Waals surface area contributed by atoms with Gasteiger partial charge in [0.25, 0.3) is 0 Å². The first-order valence-electron chi connectivity index (χ1n) is 7.08. The summed E-state index contributed by atoms with van der Waals surface area (Å²) in [7, 11) is 0. The largest absolute Gasteiger partial charge is 0.481 e. The van der Waals surface area contributed by atoms with Gasteiger partial charge >= 0.3 is 5.97 Å². The number of allylic oxidation sites excluding steroid dienone is 3. The molecule has 0 bridgehead atoms. The van der Waals surface area contributed by atoms with Crippen molar-refractivity contribution in [3.8, 4) is 0 Å². The summed E-state index contributed by atoms with van der Waals surface area (Å²) in [6.45, 7) is 6.39. The molecule has 0 fully saturated rings. The molecular weight excluding hydrogens is 248 g/mol. The Labute approximate surface area is 121 Å². The van der Waals surface area contributed by atoms with Gasteiger partial charge in [0.1, 0.15) is 0 Å². The molecule has 1 N–H and O–H groups in total. The summed E-state index contributed by atoms with van der Waals surface area (Å²) in [4.78, 5) is 10.5. The van der Waals surface area contributed by atoms with E-state index in [9.17, 15) is 4.79 Å². The maximum absolute atomic E-state index is 10.5. The van der Waals surface area contributed by atoms with Crippen molar-refractivity contribution in [2.45, 2.75) is 46.5 Å². The molecule has 0 amide bonds. The van der Waals surface area contributed by atoms with Gasteiger partial charge in [0, 0.05) is 6.42 Å². The van der Waals surface area contributed by atoms with E-state index in [2.05, 4.69) is 45.1 Å². The zero-order chi connectivity index (χ0) is 15.0. The fraction of sp³-hybridized carbons (Fsp3) is 0.389. The van der Waals surface area contributed by atoms with E-state index < -0.39 is 5.97 Å². The second-order valence-electron chi connectivity index (χ2n) is 5.45. The van der Waals surface area contributed by atoms with Crippen molar-refractivity contribution in [1.82, 2.24) is 0 Å². The van der Waals surface area contributed by atoms with E-state index in [0.29, 0.717) is 6.42 Å². The molecule has 0 atom stereocenters. The molecule has 1 aromatic carbocycles. The number of benzene rings is 1. The number of carboxylic acids is 1. The number of rotatable bonds is 7. The molecule has 2 nitrogen and oxygen atoms in total. The summed E-state index contributed by atoms with van der Waals surface area (Å²) >= 11 is 0. The first kappa shape index (κ1) is 16.2. The Morgan fingerprint density at radius 2 is 1.75 bits per heavy atom. The first-order chi connectivity index (χ1) is 9.47. The minimum Gasteiger partial charge on any atom is -0.481 e. The topological polar surface area (TPSA) is 37.3 Å². The van der Waals surface area contributed by atoms with Gasteiger partial charge in [0.2, 0.25) is 0 Å². The predicted octanol–water partition coefficient (Wildman–Crippen LogP) is 4.85. The number of hydrogen-bond donors (Lipinski definition) is 1. The Bertz CT molecular complexity index is 489. The van der Waals surface area contributed by atoms with Gasteiger partial charge in [-0.25, -0.2) is 0 Å². The van der Waals surface area contributed by atoms with E-state index in [-0.39, 0.29) is 6.42 Å². The summed E-state index contributed by atoms with van der Waals surface area (Å²) in [6, 6.07) is 8.14. The van der Waals surface area contributed by atoms with Crippen LogP contribution in [0, 0.1) is 0 Å². The molecule has 0 aromatic heterocycles. The Hall–Kier alpha value is -1.83. The van der Waals surface area contributed by atoms with E-state index >= 15 is 0 Å². The monoisotopic (exact) mass is 272 g/mol. The van der Waals surface area contributed by atoms with Crippen molar-refractivity contribution in [1.29, 1.82) is 0 Å². The number of aryl methyl sites for hydroxylation is 1. The third-order valence-electron chi connectivity index (χ3n) is 3.11. The summed E-state index contributed by atoms with van der Waals surface area (Å²) < 4.78 is 0. The first-order valence-corrected chi connectivity index (χ1v) is 7.08. The summed E-state index contributed by atoms with van der Waals surface area (Å²) in [6.07, 6.45) is 7.40. The van der Waals surface area contributed by atoms with Crippen molar-refractivity contribution in [3.63, 3.8) is 0 Å². The van der Waals surface area contributed by atoms with Crippen LogP contribution >= 0.6 is 0 Å². The molecule has 0 aliphatic rings. The van der Waals surface area contributed by atoms with Crippen molar-refractivity contribution in [2.75, 3.05) is 0 Å². The summed E-state index contributed by atoms with van der Waals surface area (Å²) in [5, 5.41) is 8.66. The minimum atomic E-state index is -0.746. The van der Waals surface area contributed by atoms with Gasteiger partial charge in [0.05, 0.1) is 0 Å². The summed E-state index contributed by atoms with van der Waals surface area (Å²) in [5.41, 5.74) is 4.98. The van der Waals surface area contributed by atoms with Crippen LogP contribution in [-0.2, 0) is 11.2 Å². The van der Waals surface area contributed by atoms with Crippen LogP contribution in [0.15, 0.2) is 41.5 Å². The second kappa shape index (κ2) is 8.36. The van der Waals surface area contributed by atoms with E-state index in [1.165, 1.54) is 16.7 Å². The molecule has 2 heteroatoms. The predicted molar refractivity (Wildman–Crippen MR) is 84.7 cm³/mol. The van der Waals surface area contributed by atoms with Crippen LogP contribution in [0.4, 0.5) is 0 Å². The highest BCUT2D eigenvalue weighted by Crippen LogP contribution is 2.14. The molecule has 0 spiro atoms. The molecule has 0 saturated carbocycles. The van der Waals surface area contributed by atoms with Gasteiger partial charge in [-0.1, -0.05) is 47.6 Å². The molecule has 0 aliphatic carbocycles. The molecule has 0 saturated heterocycles. The van der Waals surface area contributed by atoms with Crippen molar-refractivity contribution < 1.29 is 9.90 Å². The van der Waals surface area contributed by atoms with Crippen LogP contribution in [0.3, 0.4) is 0 Å². The lowest BCUT2D eigenvalue weighted by molar-refractivity contribution is -0.136. The second-order valence-corrected chi connectivity index (χ2v) is 5.45. The lowest BCUT2D eigenvalue weighted by Crippen LogP contribution is -1.97. The molecule has 0 heterocycles. The van der Waals surface area contributed by atoms with E-state index in [0.717, 1.165) is 18.4 Å². The molecule has 20 heavy (non-hydrogen) atoms. The molecule has 1 aromatic rings. The highest BCUT2D eigenvalue weighted by Gasteiger charge is 1.99. The highest BCUT2D eigenvalue weighted by atomic mass is 16.4. The quantitative estimate of drug-likeness (QED) is 0.720. The third kappa shape index (κ3) is 6.93. The summed E-state index contributed by atoms with van der Waals surface area (Å²) in [5.74, 6) is -0.746. The number of carboxylic acid groups (broad SMARTS) is 1. The van der Waals surface area contributed by atoms with Crippen LogP contribution in [0.5, 0.6) is 0 Å². The van der Waals surface area contributed by atoms with Crippen molar-refractivity contribution in [3.05, 3.63) is 52.6 Å². The van der Waals surface area contributed by atoms with Gasteiger partial charge in [-0.05, 0) is 51.2 Å². The van der Waals surface area contributed by atoms with Crippen molar-refractivity contribution in [2.24, 2.45) is 0 Å². The highest BCUT2D eigenvalue weighted by molar-refractivity contribution is 5.67. The van der Waals surface area contributed by atoms with Crippen LogP contribution in [-0.4, -0.2) is 11.1 Å². The minimum absolute atomic E-state index is 0.191. The Morgan fingerprint density at radius 3 is 2.30 bits per heavy atom. The van der Waals surface area contributed by atoms with E-state index in [1.807, 2.05) is 12.1 Å². The molecule has 1 rings (SSSR count). The van der Waals surface area contributed by atoms with Gasteiger partial charge in [-0.3, -0.25) is 4.79 Å². The fourth-order valence-electron chi connectivity index (χ4n) is 1.98. The SMILES string of the molecule is CC(C)=CCC/C(C)=C/c1ccc(CCC(=O)O)cc1. The number of aliphatic carboxylic acids is 1. The third-order valence-corrected chi connectivity index (χ3v) is 3.11.